The van der Waals surface area contributed by atoms with Crippen LogP contribution in [0.4, 0.5) is 0 Å². The van der Waals surface area contributed by atoms with Gasteiger partial charge in [-0.05, 0) is 43.4 Å². The predicted octanol–water partition coefficient (Wildman–Crippen LogP) is 5.38. The monoisotopic (exact) mass is 298 g/mol. The third-order valence-corrected chi connectivity index (χ3v) is 3.54. The minimum atomic E-state index is 0.235. The van der Waals surface area contributed by atoms with E-state index in [4.69, 9.17) is 0 Å². The Morgan fingerprint density at radius 3 is 2.41 bits per heavy atom. The summed E-state index contributed by atoms with van der Waals surface area (Å²) in [5, 5.41) is 7.75. The van der Waals surface area contributed by atoms with Crippen LogP contribution in [0.1, 0.15) is 51.2 Å². The van der Waals surface area contributed by atoms with Crippen molar-refractivity contribution in [2.24, 2.45) is 10.2 Å². The summed E-state index contributed by atoms with van der Waals surface area (Å²) in [6.45, 7) is 6.16. The average molecular weight is 298 g/mol. The lowest BCUT2D eigenvalue weighted by Crippen LogP contribution is -2.03. The molecule has 0 aliphatic heterocycles. The first-order valence-corrected chi connectivity index (χ1v) is 7.83. The largest absolute Gasteiger partial charge is 0.299 e. The first kappa shape index (κ1) is 18.0. The number of nitrogens with zero attached hydrogens (tertiary/aromatic N) is 2. The van der Waals surface area contributed by atoms with Crippen molar-refractivity contribution in [1.82, 2.24) is 0 Å². The predicted molar refractivity (Wildman–Crippen MR) is 92.9 cm³/mol. The van der Waals surface area contributed by atoms with Crippen molar-refractivity contribution in [3.8, 4) is 0 Å². The Hall–Kier alpha value is -2.03. The topological polar surface area (TPSA) is 41.8 Å². The summed E-state index contributed by atoms with van der Waals surface area (Å²) in [6.07, 6.45) is 6.79. The fraction of sp³-hybridized carbons (Fsp3) is 0.421. The molecule has 0 unspecified atom stereocenters. The number of rotatable bonds is 8. The molecule has 3 heteroatoms. The summed E-state index contributed by atoms with van der Waals surface area (Å²) in [6, 6.07) is 8.27. The van der Waals surface area contributed by atoms with E-state index in [1.165, 1.54) is 11.1 Å². The lowest BCUT2D eigenvalue weighted by molar-refractivity contribution is -0.118. The van der Waals surface area contributed by atoms with E-state index in [-0.39, 0.29) is 5.78 Å². The molecule has 0 fully saturated rings. The Bertz CT molecular complexity index is 566. The number of azo groups is 1. The molecule has 1 rings (SSSR count). The second kappa shape index (κ2) is 9.82. The minimum Gasteiger partial charge on any atom is -0.299 e. The number of carbonyl (C=O) groups is 1. The fourth-order valence-corrected chi connectivity index (χ4v) is 2.27. The van der Waals surface area contributed by atoms with Crippen LogP contribution in [0.3, 0.4) is 0 Å². The third-order valence-electron chi connectivity index (χ3n) is 3.54. The van der Waals surface area contributed by atoms with E-state index in [0.717, 1.165) is 17.7 Å². The van der Waals surface area contributed by atoms with Gasteiger partial charge in [0.25, 0.3) is 0 Å². The van der Waals surface area contributed by atoms with Crippen LogP contribution >= 0.6 is 0 Å². The number of hydrogen-bond acceptors (Lipinski definition) is 3. The van der Waals surface area contributed by atoms with Crippen molar-refractivity contribution in [3.05, 3.63) is 53.2 Å². The number of hydrogen-bond donors (Lipinski definition) is 0. The van der Waals surface area contributed by atoms with E-state index in [1.54, 1.807) is 7.05 Å². The van der Waals surface area contributed by atoms with Gasteiger partial charge in [0.2, 0.25) is 0 Å². The van der Waals surface area contributed by atoms with Crippen LogP contribution in [-0.2, 0) is 11.2 Å². The van der Waals surface area contributed by atoms with Crippen LogP contribution in [0.15, 0.2) is 52.3 Å². The van der Waals surface area contributed by atoms with Crippen LogP contribution in [0, 0.1) is 0 Å². The highest BCUT2D eigenvalue weighted by molar-refractivity contribution is 5.81. The minimum absolute atomic E-state index is 0.235. The molecular weight excluding hydrogens is 272 g/mol. The van der Waals surface area contributed by atoms with Crippen LogP contribution in [-0.4, -0.2) is 12.8 Å². The van der Waals surface area contributed by atoms with Crippen LogP contribution < -0.4 is 0 Å². The van der Waals surface area contributed by atoms with E-state index < -0.39 is 0 Å². The van der Waals surface area contributed by atoms with E-state index in [2.05, 4.69) is 42.3 Å². The molecule has 0 aromatic heterocycles. The van der Waals surface area contributed by atoms with Gasteiger partial charge in [0.1, 0.15) is 5.78 Å². The van der Waals surface area contributed by atoms with E-state index >= 15 is 0 Å². The quantitative estimate of drug-likeness (QED) is 0.594. The highest BCUT2D eigenvalue weighted by atomic mass is 16.1. The number of benzene rings is 1. The van der Waals surface area contributed by atoms with Gasteiger partial charge in [0, 0.05) is 19.9 Å². The molecule has 0 bridgehead atoms. The van der Waals surface area contributed by atoms with Gasteiger partial charge in [0.15, 0.2) is 0 Å². The molecule has 0 saturated carbocycles. The van der Waals surface area contributed by atoms with Gasteiger partial charge >= 0.3 is 0 Å². The molecule has 118 valence electrons. The summed E-state index contributed by atoms with van der Waals surface area (Å²) in [5.41, 5.74) is 4.43. The maximum absolute atomic E-state index is 12.0. The molecular formula is C19H26N2O. The maximum atomic E-state index is 12.0. The Morgan fingerprint density at radius 2 is 1.86 bits per heavy atom. The number of carbonyl (C=O) groups excluding carboxylic acids is 1. The Kier molecular flexibility index (Phi) is 8.05. The molecule has 0 atom stereocenters. The summed E-state index contributed by atoms with van der Waals surface area (Å²) >= 11 is 0. The molecule has 22 heavy (non-hydrogen) atoms. The summed E-state index contributed by atoms with van der Waals surface area (Å²) in [4.78, 5) is 12.0. The molecule has 0 amide bonds. The Labute approximate surface area is 133 Å². The van der Waals surface area contributed by atoms with Gasteiger partial charge in [-0.15, -0.1) is 0 Å². The molecule has 0 aliphatic carbocycles. The van der Waals surface area contributed by atoms with E-state index in [9.17, 15) is 4.79 Å². The first-order chi connectivity index (χ1) is 10.6. The standard InChI is InChI=1S/C19H26N2O/c1-5-7-15(3)17-10-8-16(9-11-17)14-19(22)13-12-18(6-2)21-20-4/h6-11H,5,12-14H2,1-4H3/b15-7+,18-6-,21-20?. The van der Waals surface area contributed by atoms with E-state index in [1.807, 2.05) is 25.1 Å². The second-order valence-electron chi connectivity index (χ2n) is 5.29. The number of allylic oxidation sites excluding steroid dienone is 4. The van der Waals surface area contributed by atoms with Crippen LogP contribution in [0.2, 0.25) is 0 Å². The molecule has 0 heterocycles. The molecule has 0 aliphatic rings. The van der Waals surface area contributed by atoms with Crippen molar-refractivity contribution < 1.29 is 4.79 Å². The number of ketones is 1. The van der Waals surface area contributed by atoms with Crippen molar-refractivity contribution >= 4 is 11.4 Å². The SMILES string of the molecule is C/C=C(/CCC(=O)Cc1ccc(/C(C)=C/CC)cc1)N=NC. The van der Waals surface area contributed by atoms with Crippen LogP contribution in [0.25, 0.3) is 5.57 Å². The van der Waals surface area contributed by atoms with Gasteiger partial charge in [-0.2, -0.15) is 10.2 Å². The molecule has 3 nitrogen and oxygen atoms in total. The zero-order chi connectivity index (χ0) is 16.4. The molecule has 1 aromatic carbocycles. The average Bonchev–Trinajstić information content (AvgIpc) is 2.52. The normalized spacial score (nSPS) is 12.9. The highest BCUT2D eigenvalue weighted by Crippen LogP contribution is 2.16. The molecule has 0 radical (unpaired) electrons. The van der Waals surface area contributed by atoms with Gasteiger partial charge in [-0.1, -0.05) is 43.3 Å². The highest BCUT2D eigenvalue weighted by Gasteiger charge is 2.06. The van der Waals surface area contributed by atoms with E-state index in [0.29, 0.717) is 19.3 Å². The summed E-state index contributed by atoms with van der Waals surface area (Å²) in [7, 11) is 1.64. The smallest absolute Gasteiger partial charge is 0.137 e. The van der Waals surface area contributed by atoms with Crippen molar-refractivity contribution in [1.29, 1.82) is 0 Å². The molecule has 0 saturated heterocycles. The van der Waals surface area contributed by atoms with Crippen molar-refractivity contribution in [2.45, 2.75) is 46.5 Å². The lowest BCUT2D eigenvalue weighted by Gasteiger charge is -2.05. The van der Waals surface area contributed by atoms with Gasteiger partial charge in [-0.25, -0.2) is 0 Å². The van der Waals surface area contributed by atoms with Gasteiger partial charge < -0.3 is 0 Å². The zero-order valence-corrected chi connectivity index (χ0v) is 14.1. The van der Waals surface area contributed by atoms with Gasteiger partial charge in [0.05, 0.1) is 5.70 Å². The Morgan fingerprint density at radius 1 is 1.18 bits per heavy atom. The van der Waals surface area contributed by atoms with Crippen molar-refractivity contribution in [2.75, 3.05) is 7.05 Å². The second-order valence-corrected chi connectivity index (χ2v) is 5.29. The molecule has 1 aromatic rings. The third kappa shape index (κ3) is 6.17. The summed E-state index contributed by atoms with van der Waals surface area (Å²) < 4.78 is 0. The molecule has 0 N–H and O–H groups in total. The summed E-state index contributed by atoms with van der Waals surface area (Å²) in [5.74, 6) is 0.235. The zero-order valence-electron chi connectivity index (χ0n) is 14.1. The molecule has 0 spiro atoms. The van der Waals surface area contributed by atoms with Gasteiger partial charge in [-0.3, -0.25) is 4.79 Å². The first-order valence-electron chi connectivity index (χ1n) is 7.83. The Balaban J connectivity index is 2.57. The number of Topliss-reactive ketones (excluding diaryl/α,β-unsaturated/α-hetero) is 1. The van der Waals surface area contributed by atoms with Crippen molar-refractivity contribution in [3.63, 3.8) is 0 Å². The van der Waals surface area contributed by atoms with Crippen LogP contribution in [0.5, 0.6) is 0 Å². The lowest BCUT2D eigenvalue weighted by atomic mass is 10.0. The fourth-order valence-electron chi connectivity index (χ4n) is 2.27. The maximum Gasteiger partial charge on any atom is 0.137 e.